The van der Waals surface area contributed by atoms with E-state index in [0.717, 1.165) is 6.42 Å². The van der Waals surface area contributed by atoms with E-state index in [2.05, 4.69) is 15.2 Å². The molecule has 6 heteroatoms. The molecular formula is C21H19N3O3. The lowest BCUT2D eigenvalue weighted by Gasteiger charge is -2.25. The van der Waals surface area contributed by atoms with Crippen molar-refractivity contribution in [3.05, 3.63) is 46.8 Å². The van der Waals surface area contributed by atoms with E-state index in [1.54, 1.807) is 12.3 Å². The van der Waals surface area contributed by atoms with Crippen molar-refractivity contribution in [2.24, 2.45) is 0 Å². The summed E-state index contributed by atoms with van der Waals surface area (Å²) in [5, 5.41) is 29.6. The standard InChI is InChI=1S/C21H19N3O3/c1-10-4-2-5-11-15(10)21(27)18-17(13-8-9-22-24-13)16-12(6-3-7-14(16)25)23-19(18)20(11)26/h2,4,8-10,26-27H,3,5-7H2,1H3,(H,22,24). The fourth-order valence-corrected chi connectivity index (χ4v) is 4.45. The molecule has 1 atom stereocenters. The van der Waals surface area contributed by atoms with Crippen LogP contribution in [-0.2, 0) is 12.8 Å². The normalized spacial score (nSPS) is 18.6. The molecule has 0 amide bonds. The van der Waals surface area contributed by atoms with Crippen molar-refractivity contribution >= 4 is 16.7 Å². The summed E-state index contributed by atoms with van der Waals surface area (Å²) in [6.07, 6.45) is 8.04. The van der Waals surface area contributed by atoms with Gasteiger partial charge in [0, 0.05) is 40.8 Å². The number of carbonyl (C=O) groups excluding carboxylic acids is 1. The first-order chi connectivity index (χ1) is 13.1. The fourth-order valence-electron chi connectivity index (χ4n) is 4.45. The zero-order valence-electron chi connectivity index (χ0n) is 14.9. The van der Waals surface area contributed by atoms with E-state index in [0.29, 0.717) is 63.8 Å². The van der Waals surface area contributed by atoms with E-state index in [-0.39, 0.29) is 23.2 Å². The molecule has 2 heterocycles. The number of fused-ring (bicyclic) bond motifs is 3. The number of phenols is 2. The second kappa shape index (κ2) is 5.67. The number of carbonyl (C=O) groups is 1. The molecule has 0 bridgehead atoms. The third-order valence-electron chi connectivity index (χ3n) is 5.67. The third kappa shape index (κ3) is 2.16. The Bertz CT molecular complexity index is 1130. The van der Waals surface area contributed by atoms with Crippen LogP contribution in [0.1, 0.15) is 52.9 Å². The number of aromatic nitrogens is 3. The third-order valence-corrected chi connectivity index (χ3v) is 5.67. The first-order valence-electron chi connectivity index (χ1n) is 9.20. The number of ketones is 1. The zero-order chi connectivity index (χ0) is 18.7. The predicted octanol–water partition coefficient (Wildman–Crippen LogP) is 3.77. The number of benzene rings is 1. The van der Waals surface area contributed by atoms with Crippen molar-refractivity contribution in [1.82, 2.24) is 15.2 Å². The number of Topliss-reactive ketones (excluding diaryl/α,β-unsaturated/α-hetero) is 1. The minimum Gasteiger partial charge on any atom is -0.507 e. The number of aryl methyl sites for hydroxylation is 1. The Hall–Kier alpha value is -3.15. The molecule has 136 valence electrons. The Morgan fingerprint density at radius 2 is 2.04 bits per heavy atom. The topological polar surface area (TPSA) is 99.1 Å². The van der Waals surface area contributed by atoms with Gasteiger partial charge >= 0.3 is 0 Å². The highest BCUT2D eigenvalue weighted by molar-refractivity contribution is 6.13. The van der Waals surface area contributed by atoms with Crippen LogP contribution in [0.5, 0.6) is 11.5 Å². The van der Waals surface area contributed by atoms with Crippen LogP contribution < -0.4 is 0 Å². The summed E-state index contributed by atoms with van der Waals surface area (Å²) in [6, 6.07) is 1.77. The largest absolute Gasteiger partial charge is 0.507 e. The van der Waals surface area contributed by atoms with Gasteiger partial charge in [-0.2, -0.15) is 5.10 Å². The highest BCUT2D eigenvalue weighted by Gasteiger charge is 2.31. The molecule has 2 aromatic heterocycles. The number of aromatic hydroxyl groups is 2. The van der Waals surface area contributed by atoms with Gasteiger partial charge in [-0.1, -0.05) is 19.1 Å². The van der Waals surface area contributed by atoms with E-state index in [9.17, 15) is 15.0 Å². The Kier molecular flexibility index (Phi) is 3.37. The number of hydrogen-bond donors (Lipinski definition) is 3. The van der Waals surface area contributed by atoms with Gasteiger partial charge in [0.25, 0.3) is 0 Å². The van der Waals surface area contributed by atoms with Crippen molar-refractivity contribution in [3.63, 3.8) is 0 Å². The minimum atomic E-state index is -0.0367. The average molecular weight is 361 g/mol. The van der Waals surface area contributed by atoms with Crippen LogP contribution in [0.3, 0.4) is 0 Å². The van der Waals surface area contributed by atoms with Gasteiger partial charge in [0.1, 0.15) is 17.0 Å². The van der Waals surface area contributed by atoms with Crippen molar-refractivity contribution in [2.45, 2.75) is 38.5 Å². The second-order valence-electron chi connectivity index (χ2n) is 7.29. The molecule has 0 radical (unpaired) electrons. The van der Waals surface area contributed by atoms with E-state index >= 15 is 0 Å². The molecule has 2 aliphatic carbocycles. The molecule has 2 aliphatic rings. The average Bonchev–Trinajstić information content (AvgIpc) is 3.19. The molecule has 0 fully saturated rings. The summed E-state index contributed by atoms with van der Waals surface area (Å²) >= 11 is 0. The Labute approximate surface area is 155 Å². The van der Waals surface area contributed by atoms with Crippen LogP contribution in [0.4, 0.5) is 0 Å². The number of H-pyrrole nitrogens is 1. The molecule has 27 heavy (non-hydrogen) atoms. The SMILES string of the molecule is CC1C=CCc2c1c(O)c1c(-c3ccn[nH]3)c3c(nc1c2O)CCCC3=O. The van der Waals surface area contributed by atoms with Gasteiger partial charge in [-0.15, -0.1) is 0 Å². The number of allylic oxidation sites excluding steroid dienone is 2. The maximum Gasteiger partial charge on any atom is 0.165 e. The van der Waals surface area contributed by atoms with Gasteiger partial charge in [0.2, 0.25) is 0 Å². The summed E-state index contributed by atoms with van der Waals surface area (Å²) in [4.78, 5) is 17.4. The lowest BCUT2D eigenvalue weighted by Crippen LogP contribution is -2.16. The summed E-state index contributed by atoms with van der Waals surface area (Å²) in [5.74, 6) is 0.161. The number of rotatable bonds is 1. The first kappa shape index (κ1) is 16.1. The van der Waals surface area contributed by atoms with Crippen molar-refractivity contribution in [3.8, 4) is 22.8 Å². The van der Waals surface area contributed by atoms with Crippen molar-refractivity contribution < 1.29 is 15.0 Å². The predicted molar refractivity (Wildman–Crippen MR) is 101 cm³/mol. The molecule has 1 unspecified atom stereocenters. The number of nitrogens with one attached hydrogen (secondary N) is 1. The minimum absolute atomic E-state index is 0.0137. The lowest BCUT2D eigenvalue weighted by molar-refractivity contribution is 0.0972. The van der Waals surface area contributed by atoms with Crippen LogP contribution >= 0.6 is 0 Å². The summed E-state index contributed by atoms with van der Waals surface area (Å²) in [6.45, 7) is 1.98. The second-order valence-corrected chi connectivity index (χ2v) is 7.29. The lowest BCUT2D eigenvalue weighted by atomic mass is 9.82. The zero-order valence-corrected chi connectivity index (χ0v) is 14.9. The molecular weight excluding hydrogens is 342 g/mol. The molecule has 0 spiro atoms. The Morgan fingerprint density at radius 3 is 2.81 bits per heavy atom. The van der Waals surface area contributed by atoms with Gasteiger partial charge in [0.15, 0.2) is 5.78 Å². The summed E-state index contributed by atoms with van der Waals surface area (Å²) in [5.41, 5.74) is 4.21. The van der Waals surface area contributed by atoms with Crippen LogP contribution in [0.15, 0.2) is 24.4 Å². The molecule has 0 saturated heterocycles. The molecule has 6 nitrogen and oxygen atoms in total. The van der Waals surface area contributed by atoms with E-state index in [1.165, 1.54) is 0 Å². The van der Waals surface area contributed by atoms with Crippen LogP contribution in [0, 0.1) is 0 Å². The molecule has 3 aromatic rings. The van der Waals surface area contributed by atoms with E-state index < -0.39 is 0 Å². The Morgan fingerprint density at radius 1 is 1.19 bits per heavy atom. The molecule has 5 rings (SSSR count). The van der Waals surface area contributed by atoms with Gasteiger partial charge < -0.3 is 10.2 Å². The van der Waals surface area contributed by atoms with E-state index in [1.807, 2.05) is 19.1 Å². The first-order valence-corrected chi connectivity index (χ1v) is 9.20. The maximum absolute atomic E-state index is 12.8. The van der Waals surface area contributed by atoms with Crippen LogP contribution in [-0.4, -0.2) is 31.2 Å². The van der Waals surface area contributed by atoms with Crippen LogP contribution in [0.25, 0.3) is 22.2 Å². The molecule has 0 aliphatic heterocycles. The van der Waals surface area contributed by atoms with Crippen molar-refractivity contribution in [1.29, 1.82) is 0 Å². The fraction of sp³-hybridized carbons (Fsp3) is 0.286. The number of hydrogen-bond acceptors (Lipinski definition) is 5. The monoisotopic (exact) mass is 361 g/mol. The Balaban J connectivity index is 2.00. The molecule has 0 saturated carbocycles. The van der Waals surface area contributed by atoms with Crippen molar-refractivity contribution in [2.75, 3.05) is 0 Å². The van der Waals surface area contributed by atoms with Gasteiger partial charge in [-0.25, -0.2) is 4.98 Å². The summed E-state index contributed by atoms with van der Waals surface area (Å²) < 4.78 is 0. The van der Waals surface area contributed by atoms with Gasteiger partial charge in [-0.05, 0) is 25.3 Å². The highest BCUT2D eigenvalue weighted by atomic mass is 16.3. The number of pyridine rings is 1. The number of nitrogens with zero attached hydrogens (tertiary/aromatic N) is 2. The maximum atomic E-state index is 12.8. The molecule has 3 N–H and O–H groups in total. The number of phenolic OH excluding ortho intramolecular Hbond substituents is 2. The smallest absolute Gasteiger partial charge is 0.165 e. The number of aromatic amines is 1. The highest BCUT2D eigenvalue weighted by Crippen LogP contribution is 2.49. The van der Waals surface area contributed by atoms with E-state index in [4.69, 9.17) is 0 Å². The van der Waals surface area contributed by atoms with Gasteiger partial charge in [0.05, 0.1) is 16.8 Å². The quantitative estimate of drug-likeness (QED) is 0.453. The van der Waals surface area contributed by atoms with Crippen LogP contribution in [0.2, 0.25) is 0 Å². The van der Waals surface area contributed by atoms with Gasteiger partial charge in [-0.3, -0.25) is 9.89 Å². The summed E-state index contributed by atoms with van der Waals surface area (Å²) in [7, 11) is 0. The molecule has 1 aromatic carbocycles.